The molecule has 27 heavy (non-hydrogen) atoms. The number of aryl methyl sites for hydroxylation is 1. The highest BCUT2D eigenvalue weighted by molar-refractivity contribution is 5.31. The number of hydrogen-bond acceptors (Lipinski definition) is 3. The number of rotatable bonds is 8. The van der Waals surface area contributed by atoms with Crippen LogP contribution in [0.25, 0.3) is 0 Å². The lowest BCUT2D eigenvalue weighted by atomic mass is 9.93. The first-order valence-electron chi connectivity index (χ1n) is 10.0. The number of aliphatic hydroxyl groups is 2. The third kappa shape index (κ3) is 6.15. The first kappa shape index (κ1) is 20.0. The lowest BCUT2D eigenvalue weighted by Crippen LogP contribution is -2.92. The van der Waals surface area contributed by atoms with Crippen LogP contribution < -0.4 is 5.32 Å². The topological polar surface area (TPSA) is 66.3 Å². The molecule has 0 spiro atoms. The van der Waals surface area contributed by atoms with Gasteiger partial charge in [0.2, 0.25) is 0 Å². The Morgan fingerprint density at radius 3 is 2.26 bits per heavy atom. The molecule has 0 unspecified atom stereocenters. The fourth-order valence-corrected chi connectivity index (χ4v) is 3.72. The normalized spacial score (nSPS) is 22.3. The van der Waals surface area contributed by atoms with Crippen molar-refractivity contribution < 1.29 is 20.3 Å². The molecule has 1 fully saturated rings. The molecular weight excluding hydrogens is 338 g/mol. The van der Waals surface area contributed by atoms with Gasteiger partial charge < -0.3 is 20.3 Å². The smallest absolute Gasteiger partial charge is 0.126 e. The van der Waals surface area contributed by atoms with Gasteiger partial charge in [-0.3, -0.25) is 0 Å². The molecular formula is C23H32NO3+. The van der Waals surface area contributed by atoms with Crippen LogP contribution in [-0.2, 0) is 4.74 Å². The van der Waals surface area contributed by atoms with E-state index in [0.717, 1.165) is 36.8 Å². The molecule has 1 saturated carbocycles. The van der Waals surface area contributed by atoms with Crippen molar-refractivity contribution in [2.45, 2.75) is 57.0 Å². The van der Waals surface area contributed by atoms with Crippen LogP contribution in [0.2, 0.25) is 0 Å². The van der Waals surface area contributed by atoms with Crippen LogP contribution in [0.1, 0.15) is 48.5 Å². The molecule has 146 valence electrons. The number of benzene rings is 2. The molecule has 0 saturated heterocycles. The minimum atomic E-state index is -0.506. The van der Waals surface area contributed by atoms with Gasteiger partial charge in [0.05, 0.1) is 18.8 Å². The largest absolute Gasteiger partial charge is 0.393 e. The predicted molar refractivity (Wildman–Crippen MR) is 106 cm³/mol. The Hall–Kier alpha value is -1.72. The summed E-state index contributed by atoms with van der Waals surface area (Å²) in [5, 5.41) is 22.2. The molecule has 1 aliphatic carbocycles. The van der Waals surface area contributed by atoms with Crippen LogP contribution in [0.4, 0.5) is 0 Å². The molecule has 0 aliphatic heterocycles. The fourth-order valence-electron chi connectivity index (χ4n) is 3.72. The third-order valence-electron chi connectivity index (χ3n) is 5.42. The maximum atomic E-state index is 10.4. The summed E-state index contributed by atoms with van der Waals surface area (Å²) in [6, 6.07) is 19.0. The summed E-state index contributed by atoms with van der Waals surface area (Å²) in [5.74, 6) is 0. The Morgan fingerprint density at radius 2 is 1.59 bits per heavy atom. The van der Waals surface area contributed by atoms with Gasteiger partial charge in [-0.25, -0.2) is 0 Å². The van der Waals surface area contributed by atoms with E-state index in [1.54, 1.807) is 0 Å². The first-order chi connectivity index (χ1) is 13.1. The molecule has 0 heterocycles. The summed E-state index contributed by atoms with van der Waals surface area (Å²) >= 11 is 0. The Kier molecular flexibility index (Phi) is 7.41. The summed E-state index contributed by atoms with van der Waals surface area (Å²) in [7, 11) is 0. The van der Waals surface area contributed by atoms with Gasteiger partial charge in [0.25, 0.3) is 0 Å². The highest BCUT2D eigenvalue weighted by atomic mass is 16.5. The summed E-state index contributed by atoms with van der Waals surface area (Å²) in [4.78, 5) is 0. The maximum Gasteiger partial charge on any atom is 0.126 e. The molecule has 0 radical (unpaired) electrons. The van der Waals surface area contributed by atoms with Gasteiger partial charge in [0, 0.05) is 12.8 Å². The van der Waals surface area contributed by atoms with Gasteiger partial charge in [0.15, 0.2) is 0 Å². The van der Waals surface area contributed by atoms with Gasteiger partial charge in [-0.15, -0.1) is 0 Å². The summed E-state index contributed by atoms with van der Waals surface area (Å²) in [6.45, 7) is 3.02. The average molecular weight is 371 g/mol. The standard InChI is InChI=1S/C23H31NO3/c1-17-7-9-19(10-8-17)23(18-5-3-2-4-6-18)27-16-22(26)15-24-20-11-13-21(25)14-12-20/h2-10,20-26H,11-16H2,1H3/p+1/t20?,21?,22-,23-/m1/s1. The highest BCUT2D eigenvalue weighted by Crippen LogP contribution is 2.26. The van der Waals surface area contributed by atoms with E-state index < -0.39 is 6.10 Å². The average Bonchev–Trinajstić information content (AvgIpc) is 2.70. The molecule has 1 aliphatic rings. The van der Waals surface area contributed by atoms with E-state index in [4.69, 9.17) is 4.74 Å². The number of ether oxygens (including phenoxy) is 1. The highest BCUT2D eigenvalue weighted by Gasteiger charge is 2.23. The van der Waals surface area contributed by atoms with Gasteiger partial charge in [-0.1, -0.05) is 60.2 Å². The molecule has 2 aromatic rings. The zero-order valence-electron chi connectivity index (χ0n) is 16.1. The minimum absolute atomic E-state index is 0.135. The van der Waals surface area contributed by atoms with E-state index in [9.17, 15) is 10.2 Å². The summed E-state index contributed by atoms with van der Waals surface area (Å²) in [6.07, 6.45) is 2.97. The van der Waals surface area contributed by atoms with Gasteiger partial charge in [-0.2, -0.15) is 0 Å². The van der Waals surface area contributed by atoms with E-state index >= 15 is 0 Å². The Balaban J connectivity index is 1.55. The Morgan fingerprint density at radius 1 is 0.963 bits per heavy atom. The van der Waals surface area contributed by atoms with Gasteiger partial charge in [0.1, 0.15) is 18.8 Å². The van der Waals surface area contributed by atoms with E-state index in [-0.39, 0.29) is 12.2 Å². The lowest BCUT2D eigenvalue weighted by molar-refractivity contribution is -0.697. The quantitative estimate of drug-likeness (QED) is 0.668. The SMILES string of the molecule is Cc1ccc([C@H](OC[C@H](O)C[NH2+]C2CCC(O)CC2)c2ccccc2)cc1. The molecule has 0 bridgehead atoms. The molecule has 4 heteroatoms. The van der Waals surface area contributed by atoms with Crippen molar-refractivity contribution in [2.75, 3.05) is 13.2 Å². The second-order valence-corrected chi connectivity index (χ2v) is 7.73. The molecule has 2 aromatic carbocycles. The number of nitrogens with two attached hydrogens (primary N) is 1. The molecule has 0 aromatic heterocycles. The van der Waals surface area contributed by atoms with Gasteiger partial charge in [-0.05, 0) is 30.9 Å². The minimum Gasteiger partial charge on any atom is -0.393 e. The van der Waals surface area contributed by atoms with Crippen molar-refractivity contribution in [2.24, 2.45) is 0 Å². The molecule has 0 amide bonds. The second-order valence-electron chi connectivity index (χ2n) is 7.73. The van der Waals surface area contributed by atoms with Crippen molar-refractivity contribution in [3.05, 3.63) is 71.3 Å². The van der Waals surface area contributed by atoms with Crippen LogP contribution >= 0.6 is 0 Å². The van der Waals surface area contributed by atoms with Crippen LogP contribution in [0.15, 0.2) is 54.6 Å². The van der Waals surface area contributed by atoms with Crippen molar-refractivity contribution in [3.8, 4) is 0 Å². The Labute approximate surface area is 162 Å². The monoisotopic (exact) mass is 370 g/mol. The predicted octanol–water partition coefficient (Wildman–Crippen LogP) is 2.33. The third-order valence-corrected chi connectivity index (χ3v) is 5.42. The van der Waals surface area contributed by atoms with Gasteiger partial charge >= 0.3 is 0 Å². The second kappa shape index (κ2) is 10.00. The van der Waals surface area contributed by atoms with Crippen LogP contribution in [0.5, 0.6) is 0 Å². The van der Waals surface area contributed by atoms with Crippen molar-refractivity contribution in [1.82, 2.24) is 0 Å². The molecule has 3 rings (SSSR count). The van der Waals surface area contributed by atoms with Crippen LogP contribution in [-0.4, -0.2) is 41.6 Å². The zero-order chi connectivity index (χ0) is 19.1. The van der Waals surface area contributed by atoms with Crippen molar-refractivity contribution in [3.63, 3.8) is 0 Å². The lowest BCUT2D eigenvalue weighted by Gasteiger charge is -2.25. The van der Waals surface area contributed by atoms with Crippen LogP contribution in [0.3, 0.4) is 0 Å². The number of quaternary nitrogens is 1. The number of hydrogen-bond donors (Lipinski definition) is 3. The van der Waals surface area contributed by atoms with Crippen molar-refractivity contribution in [1.29, 1.82) is 0 Å². The van der Waals surface area contributed by atoms with E-state index in [1.807, 2.05) is 18.2 Å². The zero-order valence-corrected chi connectivity index (χ0v) is 16.1. The van der Waals surface area contributed by atoms with E-state index in [2.05, 4.69) is 48.6 Å². The molecule has 2 atom stereocenters. The fraction of sp³-hybridized carbons (Fsp3) is 0.478. The van der Waals surface area contributed by atoms with Crippen LogP contribution in [0, 0.1) is 6.92 Å². The molecule has 4 nitrogen and oxygen atoms in total. The summed E-state index contributed by atoms with van der Waals surface area (Å²) < 4.78 is 6.16. The molecule has 4 N–H and O–H groups in total. The maximum absolute atomic E-state index is 10.4. The first-order valence-corrected chi connectivity index (χ1v) is 10.0. The van der Waals surface area contributed by atoms with E-state index in [0.29, 0.717) is 19.2 Å². The Bertz CT molecular complexity index is 666. The van der Waals surface area contributed by atoms with Crippen molar-refractivity contribution >= 4 is 0 Å². The summed E-state index contributed by atoms with van der Waals surface area (Å²) in [5.41, 5.74) is 3.42. The number of aliphatic hydroxyl groups excluding tert-OH is 2. The van der Waals surface area contributed by atoms with E-state index in [1.165, 1.54) is 5.56 Å².